The predicted molar refractivity (Wildman–Crippen MR) is 106 cm³/mol. The highest BCUT2D eigenvalue weighted by atomic mass is 35.5. The van der Waals surface area contributed by atoms with Gasteiger partial charge in [-0.25, -0.2) is 0 Å². The molecule has 0 spiro atoms. The molecule has 0 aliphatic carbocycles. The molecule has 0 bridgehead atoms. The van der Waals surface area contributed by atoms with Crippen LogP contribution in [0.15, 0.2) is 41.5 Å². The fourth-order valence-corrected chi connectivity index (χ4v) is 2.39. The van der Waals surface area contributed by atoms with Crippen molar-refractivity contribution in [1.29, 1.82) is 0 Å². The lowest BCUT2D eigenvalue weighted by molar-refractivity contribution is -0.137. The molecule has 4 nitrogen and oxygen atoms in total. The van der Waals surface area contributed by atoms with Crippen molar-refractivity contribution in [1.82, 2.24) is 0 Å². The molecule has 0 aromatic heterocycles. The molecule has 8 heteroatoms. The number of benzene rings is 2. The van der Waals surface area contributed by atoms with Gasteiger partial charge in [-0.1, -0.05) is 25.4 Å². The summed E-state index contributed by atoms with van der Waals surface area (Å²) in [7, 11) is 0. The number of anilines is 1. The molecule has 0 saturated carbocycles. The topological polar surface area (TPSA) is 42.8 Å². The Morgan fingerprint density at radius 1 is 1.04 bits per heavy atom. The Labute approximate surface area is 167 Å². The average Bonchev–Trinajstić information content (AvgIpc) is 2.66. The van der Waals surface area contributed by atoms with Gasteiger partial charge in [0, 0.05) is 11.6 Å². The van der Waals surface area contributed by atoms with Gasteiger partial charge in [-0.2, -0.15) is 18.3 Å². The SMILES string of the molecule is CCCOc1ccc(C=NNc2cc(C(F)(F)F)ccc2Cl)c(OCCC)c1. The molecular weight excluding hydrogens is 393 g/mol. The highest BCUT2D eigenvalue weighted by Crippen LogP contribution is 2.33. The third kappa shape index (κ3) is 6.34. The lowest BCUT2D eigenvalue weighted by atomic mass is 10.2. The smallest absolute Gasteiger partial charge is 0.416 e. The van der Waals surface area contributed by atoms with Crippen molar-refractivity contribution < 1.29 is 22.6 Å². The zero-order valence-electron chi connectivity index (χ0n) is 15.6. The van der Waals surface area contributed by atoms with E-state index in [1.54, 1.807) is 18.2 Å². The highest BCUT2D eigenvalue weighted by Gasteiger charge is 2.30. The summed E-state index contributed by atoms with van der Waals surface area (Å²) in [5.41, 5.74) is 2.47. The number of alkyl halides is 3. The zero-order chi connectivity index (χ0) is 20.6. The van der Waals surface area contributed by atoms with Gasteiger partial charge >= 0.3 is 6.18 Å². The van der Waals surface area contributed by atoms with Crippen LogP contribution in [0.4, 0.5) is 18.9 Å². The van der Waals surface area contributed by atoms with Crippen LogP contribution in [0.2, 0.25) is 5.02 Å². The summed E-state index contributed by atoms with van der Waals surface area (Å²) < 4.78 is 49.9. The van der Waals surface area contributed by atoms with Crippen LogP contribution >= 0.6 is 11.6 Å². The quantitative estimate of drug-likeness (QED) is 0.382. The van der Waals surface area contributed by atoms with Gasteiger partial charge in [0.15, 0.2) is 0 Å². The molecular formula is C20H22ClF3N2O2. The van der Waals surface area contributed by atoms with E-state index >= 15 is 0 Å². The minimum absolute atomic E-state index is 0.0617. The molecule has 0 unspecified atom stereocenters. The molecule has 0 aliphatic heterocycles. The van der Waals surface area contributed by atoms with Gasteiger partial charge in [-0.15, -0.1) is 0 Å². The maximum absolute atomic E-state index is 12.8. The van der Waals surface area contributed by atoms with Crippen LogP contribution in [0, 0.1) is 0 Å². The second-order valence-corrected chi connectivity index (χ2v) is 6.37. The first kappa shape index (κ1) is 21.9. The van der Waals surface area contributed by atoms with Crippen molar-refractivity contribution in [3.05, 3.63) is 52.5 Å². The molecule has 152 valence electrons. The molecule has 0 heterocycles. The van der Waals surface area contributed by atoms with E-state index in [4.69, 9.17) is 21.1 Å². The van der Waals surface area contributed by atoms with E-state index in [-0.39, 0.29) is 10.7 Å². The summed E-state index contributed by atoms with van der Waals surface area (Å²) in [4.78, 5) is 0. The number of nitrogens with zero attached hydrogens (tertiary/aromatic N) is 1. The van der Waals surface area contributed by atoms with E-state index in [2.05, 4.69) is 10.5 Å². The van der Waals surface area contributed by atoms with E-state index in [0.29, 0.717) is 30.3 Å². The summed E-state index contributed by atoms with van der Waals surface area (Å²) in [6.07, 6.45) is -1.28. The number of hydrazone groups is 1. The van der Waals surface area contributed by atoms with Crippen LogP contribution in [-0.2, 0) is 6.18 Å². The van der Waals surface area contributed by atoms with Crippen LogP contribution in [0.1, 0.15) is 37.8 Å². The third-order valence-electron chi connectivity index (χ3n) is 3.60. The van der Waals surface area contributed by atoms with Crippen LogP contribution in [0.5, 0.6) is 11.5 Å². The zero-order valence-corrected chi connectivity index (χ0v) is 16.4. The second-order valence-electron chi connectivity index (χ2n) is 5.96. The van der Waals surface area contributed by atoms with Gasteiger partial charge in [0.1, 0.15) is 11.5 Å². The lowest BCUT2D eigenvalue weighted by Crippen LogP contribution is -2.05. The van der Waals surface area contributed by atoms with Crippen molar-refractivity contribution in [2.75, 3.05) is 18.6 Å². The van der Waals surface area contributed by atoms with E-state index in [1.807, 2.05) is 13.8 Å². The van der Waals surface area contributed by atoms with Crippen molar-refractivity contribution in [3.63, 3.8) is 0 Å². The largest absolute Gasteiger partial charge is 0.493 e. The van der Waals surface area contributed by atoms with Crippen molar-refractivity contribution in [3.8, 4) is 11.5 Å². The fraction of sp³-hybridized carbons (Fsp3) is 0.350. The Hall–Kier alpha value is -2.41. The van der Waals surface area contributed by atoms with E-state index in [9.17, 15) is 13.2 Å². The molecule has 2 aromatic rings. The second kappa shape index (κ2) is 10.2. The standard InChI is InChI=1S/C20H22ClF3N2O2/c1-3-9-27-16-7-5-14(19(12-16)28-10-4-2)13-25-26-18-11-15(20(22,23)24)6-8-17(18)21/h5-8,11-13,26H,3-4,9-10H2,1-2H3. The Kier molecular flexibility index (Phi) is 7.99. The minimum Gasteiger partial charge on any atom is -0.493 e. The fourth-order valence-electron chi connectivity index (χ4n) is 2.23. The first-order valence-corrected chi connectivity index (χ1v) is 9.28. The van der Waals surface area contributed by atoms with Gasteiger partial charge in [-0.05, 0) is 43.2 Å². The number of hydrogen-bond acceptors (Lipinski definition) is 4. The van der Waals surface area contributed by atoms with Crippen molar-refractivity contribution in [2.24, 2.45) is 5.10 Å². The summed E-state index contributed by atoms with van der Waals surface area (Å²) >= 11 is 5.95. The summed E-state index contributed by atoms with van der Waals surface area (Å²) in [5, 5.41) is 4.14. The number of hydrogen-bond donors (Lipinski definition) is 1. The van der Waals surface area contributed by atoms with Gasteiger partial charge in [0.05, 0.1) is 35.7 Å². The van der Waals surface area contributed by atoms with Crippen molar-refractivity contribution >= 4 is 23.5 Å². The summed E-state index contributed by atoms with van der Waals surface area (Å²) in [6.45, 7) is 5.11. The van der Waals surface area contributed by atoms with Crippen LogP contribution in [0.3, 0.4) is 0 Å². The monoisotopic (exact) mass is 414 g/mol. The van der Waals surface area contributed by atoms with Crippen molar-refractivity contribution in [2.45, 2.75) is 32.9 Å². The average molecular weight is 415 g/mol. The Bertz CT molecular complexity index is 811. The van der Waals surface area contributed by atoms with E-state index < -0.39 is 11.7 Å². The number of ether oxygens (including phenoxy) is 2. The minimum atomic E-state index is -4.46. The molecule has 2 rings (SSSR count). The Morgan fingerprint density at radius 3 is 2.43 bits per heavy atom. The maximum atomic E-state index is 12.8. The molecule has 28 heavy (non-hydrogen) atoms. The number of halogens is 4. The van der Waals surface area contributed by atoms with E-state index in [1.165, 1.54) is 12.3 Å². The van der Waals surface area contributed by atoms with Gasteiger partial charge in [-0.3, -0.25) is 5.43 Å². The maximum Gasteiger partial charge on any atom is 0.416 e. The Morgan fingerprint density at radius 2 is 1.75 bits per heavy atom. The number of nitrogens with one attached hydrogen (secondary N) is 1. The molecule has 2 aromatic carbocycles. The molecule has 0 fully saturated rings. The van der Waals surface area contributed by atoms with Crippen LogP contribution in [-0.4, -0.2) is 19.4 Å². The Balaban J connectivity index is 2.19. The predicted octanol–water partition coefficient (Wildman–Crippen LogP) is 6.38. The molecule has 0 saturated heterocycles. The van der Waals surface area contributed by atoms with Gasteiger partial charge in [0.2, 0.25) is 0 Å². The highest BCUT2D eigenvalue weighted by molar-refractivity contribution is 6.33. The van der Waals surface area contributed by atoms with Gasteiger partial charge in [0.25, 0.3) is 0 Å². The number of rotatable bonds is 9. The molecule has 1 N–H and O–H groups in total. The molecule has 0 aliphatic rings. The first-order valence-electron chi connectivity index (χ1n) is 8.90. The first-order chi connectivity index (χ1) is 13.3. The normalized spacial score (nSPS) is 11.6. The summed E-state index contributed by atoms with van der Waals surface area (Å²) in [6, 6.07) is 8.34. The lowest BCUT2D eigenvalue weighted by Gasteiger charge is -2.12. The van der Waals surface area contributed by atoms with Crippen LogP contribution < -0.4 is 14.9 Å². The molecule has 0 radical (unpaired) electrons. The third-order valence-corrected chi connectivity index (χ3v) is 3.93. The van der Waals surface area contributed by atoms with E-state index in [0.717, 1.165) is 25.0 Å². The van der Waals surface area contributed by atoms with Crippen LogP contribution in [0.25, 0.3) is 0 Å². The molecule has 0 atom stereocenters. The summed E-state index contributed by atoms with van der Waals surface area (Å²) in [5.74, 6) is 1.26. The van der Waals surface area contributed by atoms with Gasteiger partial charge < -0.3 is 9.47 Å². The molecule has 0 amide bonds.